The number of imidazole rings is 1. The molecule has 2 heterocycles. The molecule has 0 aromatic carbocycles. The zero-order chi connectivity index (χ0) is 9.80. The molecule has 0 atom stereocenters. The van der Waals surface area contributed by atoms with E-state index in [9.17, 15) is 0 Å². The number of rotatable bonds is 4. The van der Waals surface area contributed by atoms with Gasteiger partial charge in [0.1, 0.15) is 5.65 Å². The molecule has 0 fully saturated rings. The maximum absolute atomic E-state index is 5.32. The van der Waals surface area contributed by atoms with Crippen LogP contribution in [-0.4, -0.2) is 22.5 Å². The van der Waals surface area contributed by atoms with Gasteiger partial charge >= 0.3 is 0 Å². The van der Waals surface area contributed by atoms with Crippen molar-refractivity contribution in [2.45, 2.75) is 6.61 Å². The van der Waals surface area contributed by atoms with Crippen LogP contribution >= 0.6 is 0 Å². The Balaban J connectivity index is 2.11. The molecule has 0 bridgehead atoms. The summed E-state index contributed by atoms with van der Waals surface area (Å²) in [6.45, 7) is 1.65. The van der Waals surface area contributed by atoms with Crippen molar-refractivity contribution < 1.29 is 4.74 Å². The highest BCUT2D eigenvalue weighted by molar-refractivity contribution is 5.39. The zero-order valence-corrected chi connectivity index (χ0v) is 7.89. The molecule has 4 heteroatoms. The van der Waals surface area contributed by atoms with Crippen molar-refractivity contribution in [3.05, 3.63) is 36.3 Å². The molecule has 0 radical (unpaired) electrons. The molecule has 0 amide bonds. The lowest BCUT2D eigenvalue weighted by Crippen LogP contribution is -2.08. The number of hydrogen-bond donors (Lipinski definition) is 1. The van der Waals surface area contributed by atoms with E-state index in [1.807, 2.05) is 35.0 Å². The molecule has 2 aromatic rings. The number of ether oxygens (including phenoxy) is 1. The zero-order valence-electron chi connectivity index (χ0n) is 7.89. The van der Waals surface area contributed by atoms with E-state index in [2.05, 4.69) is 4.98 Å². The number of aromatic nitrogens is 2. The highest BCUT2D eigenvalue weighted by Crippen LogP contribution is 2.05. The predicted octanol–water partition coefficient (Wildman–Crippen LogP) is 0.810. The van der Waals surface area contributed by atoms with Crippen LogP contribution in [0.25, 0.3) is 5.65 Å². The molecule has 4 nitrogen and oxygen atoms in total. The molecule has 2 N–H and O–H groups in total. The second-order valence-corrected chi connectivity index (χ2v) is 3.04. The van der Waals surface area contributed by atoms with Crippen LogP contribution in [0.1, 0.15) is 5.69 Å². The third kappa shape index (κ3) is 1.92. The van der Waals surface area contributed by atoms with E-state index >= 15 is 0 Å². The van der Waals surface area contributed by atoms with E-state index in [0.717, 1.165) is 11.3 Å². The van der Waals surface area contributed by atoms with Crippen molar-refractivity contribution in [1.29, 1.82) is 0 Å². The molecule has 0 saturated carbocycles. The lowest BCUT2D eigenvalue weighted by atomic mass is 10.5. The van der Waals surface area contributed by atoms with Crippen LogP contribution in [0.4, 0.5) is 0 Å². The van der Waals surface area contributed by atoms with Gasteiger partial charge in [0.25, 0.3) is 0 Å². The molecule has 2 aromatic heterocycles. The Morgan fingerprint density at radius 1 is 1.43 bits per heavy atom. The van der Waals surface area contributed by atoms with Crippen LogP contribution in [0.2, 0.25) is 0 Å². The second kappa shape index (κ2) is 4.21. The fraction of sp³-hybridized carbons (Fsp3) is 0.300. The average Bonchev–Trinajstić information content (AvgIpc) is 2.60. The topological polar surface area (TPSA) is 52.5 Å². The first-order chi connectivity index (χ1) is 6.90. The van der Waals surface area contributed by atoms with Crippen LogP contribution in [0, 0.1) is 0 Å². The molecule has 0 saturated heterocycles. The molecule has 14 heavy (non-hydrogen) atoms. The number of nitrogens with two attached hydrogens (primary N) is 1. The minimum Gasteiger partial charge on any atom is -0.374 e. The number of fused-ring (bicyclic) bond motifs is 1. The monoisotopic (exact) mass is 191 g/mol. The summed E-state index contributed by atoms with van der Waals surface area (Å²) in [6.07, 6.45) is 3.93. The van der Waals surface area contributed by atoms with Crippen LogP contribution in [-0.2, 0) is 11.3 Å². The van der Waals surface area contributed by atoms with Crippen molar-refractivity contribution in [2.24, 2.45) is 5.73 Å². The Bertz CT molecular complexity index is 377. The van der Waals surface area contributed by atoms with Crippen molar-refractivity contribution in [2.75, 3.05) is 13.2 Å². The van der Waals surface area contributed by atoms with Gasteiger partial charge in [-0.15, -0.1) is 0 Å². The first kappa shape index (κ1) is 9.18. The highest BCUT2D eigenvalue weighted by Gasteiger charge is 1.99. The van der Waals surface area contributed by atoms with Gasteiger partial charge in [-0.1, -0.05) is 6.07 Å². The van der Waals surface area contributed by atoms with Gasteiger partial charge in [-0.25, -0.2) is 4.98 Å². The first-order valence-corrected chi connectivity index (χ1v) is 4.60. The van der Waals surface area contributed by atoms with E-state index in [1.54, 1.807) is 0 Å². The quantitative estimate of drug-likeness (QED) is 0.727. The average molecular weight is 191 g/mol. The minimum absolute atomic E-state index is 0.527. The van der Waals surface area contributed by atoms with E-state index in [1.165, 1.54) is 0 Å². The molecule has 0 aliphatic rings. The van der Waals surface area contributed by atoms with Gasteiger partial charge in [-0.2, -0.15) is 0 Å². The second-order valence-electron chi connectivity index (χ2n) is 3.04. The van der Waals surface area contributed by atoms with E-state index in [0.29, 0.717) is 19.8 Å². The van der Waals surface area contributed by atoms with E-state index < -0.39 is 0 Å². The Morgan fingerprint density at radius 3 is 3.14 bits per heavy atom. The molecule has 2 rings (SSSR count). The van der Waals surface area contributed by atoms with Crippen LogP contribution in [0.15, 0.2) is 30.6 Å². The molecule has 0 aliphatic heterocycles. The Morgan fingerprint density at radius 2 is 2.36 bits per heavy atom. The lowest BCUT2D eigenvalue weighted by molar-refractivity contribution is 0.126. The van der Waals surface area contributed by atoms with Crippen LogP contribution in [0.5, 0.6) is 0 Å². The summed E-state index contributed by atoms with van der Waals surface area (Å²) in [7, 11) is 0. The minimum atomic E-state index is 0.527. The van der Waals surface area contributed by atoms with Gasteiger partial charge in [0.2, 0.25) is 0 Å². The normalized spacial score (nSPS) is 10.9. The standard InChI is InChI=1S/C10H13N3O/c11-4-6-14-8-9-7-13-5-2-1-3-10(13)12-9/h1-3,5,7H,4,6,8,11H2. The summed E-state index contributed by atoms with van der Waals surface area (Å²) in [5.74, 6) is 0. The molecule has 74 valence electrons. The number of nitrogens with zero attached hydrogens (tertiary/aromatic N) is 2. The van der Waals surface area contributed by atoms with Gasteiger partial charge in [0.15, 0.2) is 0 Å². The van der Waals surface area contributed by atoms with Crippen molar-refractivity contribution in [3.63, 3.8) is 0 Å². The fourth-order valence-corrected chi connectivity index (χ4v) is 1.32. The third-order valence-electron chi connectivity index (χ3n) is 1.93. The van der Waals surface area contributed by atoms with Gasteiger partial charge in [0, 0.05) is 18.9 Å². The number of pyridine rings is 1. The number of hydrogen-bond acceptors (Lipinski definition) is 3. The van der Waals surface area contributed by atoms with Gasteiger partial charge in [0.05, 0.1) is 18.9 Å². The molecular formula is C10H13N3O. The highest BCUT2D eigenvalue weighted by atomic mass is 16.5. The SMILES string of the molecule is NCCOCc1cn2ccccc2n1. The van der Waals surface area contributed by atoms with Gasteiger partial charge in [-0.3, -0.25) is 0 Å². The third-order valence-corrected chi connectivity index (χ3v) is 1.93. The predicted molar refractivity (Wildman–Crippen MR) is 53.9 cm³/mol. The Labute approximate surface area is 82.3 Å². The van der Waals surface area contributed by atoms with Crippen molar-refractivity contribution in [3.8, 4) is 0 Å². The van der Waals surface area contributed by atoms with Gasteiger partial charge in [-0.05, 0) is 12.1 Å². The first-order valence-electron chi connectivity index (χ1n) is 4.60. The van der Waals surface area contributed by atoms with Crippen LogP contribution in [0.3, 0.4) is 0 Å². The van der Waals surface area contributed by atoms with Crippen LogP contribution < -0.4 is 5.73 Å². The van der Waals surface area contributed by atoms with Crippen molar-refractivity contribution >= 4 is 5.65 Å². The van der Waals surface area contributed by atoms with E-state index in [-0.39, 0.29) is 0 Å². The maximum atomic E-state index is 5.32. The fourth-order valence-electron chi connectivity index (χ4n) is 1.32. The molecule has 0 unspecified atom stereocenters. The molecule has 0 spiro atoms. The summed E-state index contributed by atoms with van der Waals surface area (Å²) in [4.78, 5) is 4.38. The lowest BCUT2D eigenvalue weighted by Gasteiger charge is -1.96. The summed E-state index contributed by atoms with van der Waals surface area (Å²) in [5.41, 5.74) is 7.20. The van der Waals surface area contributed by atoms with Gasteiger partial charge < -0.3 is 14.9 Å². The van der Waals surface area contributed by atoms with E-state index in [4.69, 9.17) is 10.5 Å². The summed E-state index contributed by atoms with van der Waals surface area (Å²) in [5, 5.41) is 0. The Hall–Kier alpha value is -1.39. The maximum Gasteiger partial charge on any atom is 0.137 e. The smallest absolute Gasteiger partial charge is 0.137 e. The molecular weight excluding hydrogens is 178 g/mol. The summed E-state index contributed by atoms with van der Waals surface area (Å²) in [6, 6.07) is 5.90. The molecule has 0 aliphatic carbocycles. The summed E-state index contributed by atoms with van der Waals surface area (Å²) >= 11 is 0. The summed E-state index contributed by atoms with van der Waals surface area (Å²) < 4.78 is 7.27. The largest absolute Gasteiger partial charge is 0.374 e. The van der Waals surface area contributed by atoms with Crippen molar-refractivity contribution in [1.82, 2.24) is 9.38 Å². The Kier molecular flexibility index (Phi) is 2.76.